The van der Waals surface area contributed by atoms with Crippen molar-refractivity contribution in [3.63, 3.8) is 0 Å². The summed E-state index contributed by atoms with van der Waals surface area (Å²) in [5.74, 6) is 1.62. The minimum absolute atomic E-state index is 0.253. The number of allylic oxidation sites excluding steroid dienone is 1. The van der Waals surface area contributed by atoms with Gasteiger partial charge in [-0.25, -0.2) is 9.79 Å². The lowest BCUT2D eigenvalue weighted by Crippen LogP contribution is -2.39. The molecule has 8 nitrogen and oxygen atoms in total. The second-order valence-electron chi connectivity index (χ2n) is 9.47. The van der Waals surface area contributed by atoms with E-state index in [9.17, 15) is 9.59 Å². The molecule has 1 aromatic heterocycles. The number of aryl methyl sites for hydroxylation is 1. The Balaban J connectivity index is 1.58. The van der Waals surface area contributed by atoms with E-state index in [1.54, 1.807) is 37.8 Å². The molecule has 0 amide bonds. The van der Waals surface area contributed by atoms with Crippen LogP contribution in [0.5, 0.6) is 17.2 Å². The molecular formula is C32H30N2O6S. The second kappa shape index (κ2) is 11.9. The highest BCUT2D eigenvalue weighted by atomic mass is 32.1. The second-order valence-corrected chi connectivity index (χ2v) is 10.5. The molecule has 0 saturated carbocycles. The highest BCUT2D eigenvalue weighted by Crippen LogP contribution is 2.31. The summed E-state index contributed by atoms with van der Waals surface area (Å²) >= 11 is 1.27. The van der Waals surface area contributed by atoms with Crippen LogP contribution < -0.4 is 29.1 Å². The van der Waals surface area contributed by atoms with Crippen molar-refractivity contribution in [2.24, 2.45) is 4.99 Å². The zero-order valence-corrected chi connectivity index (χ0v) is 24.3. The van der Waals surface area contributed by atoms with Gasteiger partial charge in [0.1, 0.15) is 23.9 Å². The summed E-state index contributed by atoms with van der Waals surface area (Å²) in [5, 5.41) is 0. The number of hydrogen-bond donors (Lipinski definition) is 0. The standard InChI is InChI=1S/C32H30N2O6S/c1-19-8-6-7-9-25(19)40-18-23-16-21(10-15-26(23)38-4)17-27-30(35)34-29(22-11-13-24(37-3)14-12-22)28(31(36)39-5)20(2)33-32(34)41-27/h6-17,29H,18H2,1-5H3/b27-17+/t29-/m0/s1. The first kappa shape index (κ1) is 27.9. The van der Waals surface area contributed by atoms with Gasteiger partial charge in [-0.1, -0.05) is 47.7 Å². The fourth-order valence-corrected chi connectivity index (χ4v) is 5.87. The van der Waals surface area contributed by atoms with E-state index in [4.69, 9.17) is 18.9 Å². The van der Waals surface area contributed by atoms with Crippen LogP contribution in [0.1, 0.15) is 35.2 Å². The number of para-hydroxylation sites is 1. The predicted octanol–water partition coefficient (Wildman–Crippen LogP) is 4.31. The average Bonchev–Trinajstić information content (AvgIpc) is 3.29. The van der Waals surface area contributed by atoms with Gasteiger partial charge in [0.25, 0.3) is 5.56 Å². The number of nitrogens with zero attached hydrogens (tertiary/aromatic N) is 2. The third kappa shape index (κ3) is 5.53. The lowest BCUT2D eigenvalue weighted by molar-refractivity contribution is -0.136. The molecule has 2 heterocycles. The minimum Gasteiger partial charge on any atom is -0.497 e. The molecule has 0 bridgehead atoms. The average molecular weight is 571 g/mol. The van der Waals surface area contributed by atoms with Gasteiger partial charge in [0.2, 0.25) is 0 Å². The molecule has 1 aliphatic rings. The number of fused-ring (bicyclic) bond motifs is 1. The third-order valence-electron chi connectivity index (χ3n) is 6.94. The van der Waals surface area contributed by atoms with E-state index < -0.39 is 12.0 Å². The number of carbonyl (C=O) groups is 1. The molecule has 3 aromatic carbocycles. The van der Waals surface area contributed by atoms with E-state index in [1.165, 1.54) is 18.4 Å². The minimum atomic E-state index is -0.694. The number of hydrogen-bond acceptors (Lipinski definition) is 8. The highest BCUT2D eigenvalue weighted by molar-refractivity contribution is 7.07. The summed E-state index contributed by atoms with van der Waals surface area (Å²) in [4.78, 5) is 31.9. The number of rotatable bonds is 8. The number of benzene rings is 3. The number of methoxy groups -OCH3 is 3. The first-order chi connectivity index (χ1) is 19.8. The molecule has 0 N–H and O–H groups in total. The van der Waals surface area contributed by atoms with Crippen LogP contribution >= 0.6 is 11.3 Å². The highest BCUT2D eigenvalue weighted by Gasteiger charge is 2.33. The number of thiazole rings is 1. The maximum absolute atomic E-state index is 13.9. The predicted molar refractivity (Wildman–Crippen MR) is 157 cm³/mol. The Labute approximate surface area is 241 Å². The van der Waals surface area contributed by atoms with Crippen molar-refractivity contribution < 1.29 is 23.7 Å². The Kier molecular flexibility index (Phi) is 8.07. The van der Waals surface area contributed by atoms with Crippen molar-refractivity contribution >= 4 is 23.4 Å². The van der Waals surface area contributed by atoms with Crippen LogP contribution in [-0.2, 0) is 16.1 Å². The van der Waals surface area contributed by atoms with E-state index in [1.807, 2.05) is 67.6 Å². The largest absolute Gasteiger partial charge is 0.497 e. The number of aromatic nitrogens is 1. The van der Waals surface area contributed by atoms with E-state index >= 15 is 0 Å². The fraction of sp³-hybridized carbons (Fsp3) is 0.219. The van der Waals surface area contributed by atoms with Crippen LogP contribution in [0.25, 0.3) is 6.08 Å². The Morgan fingerprint density at radius 1 is 0.976 bits per heavy atom. The molecule has 4 aromatic rings. The van der Waals surface area contributed by atoms with Crippen LogP contribution in [0.4, 0.5) is 0 Å². The summed E-state index contributed by atoms with van der Waals surface area (Å²) in [6.07, 6.45) is 1.82. The molecule has 1 atom stereocenters. The molecule has 0 fully saturated rings. The molecule has 0 unspecified atom stereocenters. The van der Waals surface area contributed by atoms with Gasteiger partial charge < -0.3 is 18.9 Å². The van der Waals surface area contributed by atoms with E-state index in [0.717, 1.165) is 28.0 Å². The Hall–Kier alpha value is -4.63. The first-order valence-corrected chi connectivity index (χ1v) is 13.8. The monoisotopic (exact) mass is 570 g/mol. The van der Waals surface area contributed by atoms with Gasteiger partial charge in [0.15, 0.2) is 4.80 Å². The molecule has 0 aliphatic carbocycles. The van der Waals surface area contributed by atoms with Gasteiger partial charge in [-0.05, 0) is 66.9 Å². The fourth-order valence-electron chi connectivity index (χ4n) is 4.82. The molecule has 0 spiro atoms. The van der Waals surface area contributed by atoms with E-state index in [-0.39, 0.29) is 5.56 Å². The lowest BCUT2D eigenvalue weighted by atomic mass is 9.96. The smallest absolute Gasteiger partial charge is 0.338 e. The zero-order valence-electron chi connectivity index (χ0n) is 23.5. The van der Waals surface area contributed by atoms with Gasteiger partial charge in [-0.2, -0.15) is 0 Å². The molecular weight excluding hydrogens is 540 g/mol. The topological polar surface area (TPSA) is 88.4 Å². The zero-order chi connectivity index (χ0) is 29.1. The van der Waals surface area contributed by atoms with Crippen molar-refractivity contribution in [1.29, 1.82) is 0 Å². The number of carbonyl (C=O) groups excluding carboxylic acids is 1. The van der Waals surface area contributed by atoms with Gasteiger partial charge in [-0.15, -0.1) is 0 Å². The summed E-state index contributed by atoms with van der Waals surface area (Å²) in [6.45, 7) is 4.05. The number of esters is 1. The van der Waals surface area contributed by atoms with Gasteiger partial charge >= 0.3 is 5.97 Å². The van der Waals surface area contributed by atoms with E-state index in [2.05, 4.69) is 4.99 Å². The van der Waals surface area contributed by atoms with Crippen LogP contribution in [0.2, 0.25) is 0 Å². The first-order valence-electron chi connectivity index (χ1n) is 12.9. The van der Waals surface area contributed by atoms with E-state index in [0.29, 0.717) is 38.7 Å². The summed E-state index contributed by atoms with van der Waals surface area (Å²) in [7, 11) is 4.52. The molecule has 41 heavy (non-hydrogen) atoms. The molecule has 5 rings (SSSR count). The van der Waals surface area contributed by atoms with Crippen molar-refractivity contribution in [1.82, 2.24) is 4.57 Å². The lowest BCUT2D eigenvalue weighted by Gasteiger charge is -2.24. The summed E-state index contributed by atoms with van der Waals surface area (Å²) in [6, 6.07) is 20.1. The molecule has 0 saturated heterocycles. The summed E-state index contributed by atoms with van der Waals surface area (Å²) in [5.41, 5.74) is 4.01. The third-order valence-corrected chi connectivity index (χ3v) is 7.92. The van der Waals surface area contributed by atoms with Gasteiger partial charge in [0.05, 0.1) is 43.2 Å². The maximum Gasteiger partial charge on any atom is 0.338 e. The SMILES string of the molecule is COC(=O)C1=C(C)N=c2s/c(=C/c3ccc(OC)c(COc4ccccc4C)c3)c(=O)n2[C@H]1c1ccc(OC)cc1. The van der Waals surface area contributed by atoms with Crippen LogP contribution in [0, 0.1) is 6.92 Å². The maximum atomic E-state index is 13.9. The number of ether oxygens (including phenoxy) is 4. The van der Waals surface area contributed by atoms with Gasteiger partial charge in [0, 0.05) is 5.56 Å². The van der Waals surface area contributed by atoms with Crippen molar-refractivity contribution in [2.45, 2.75) is 26.5 Å². The van der Waals surface area contributed by atoms with Gasteiger partial charge in [-0.3, -0.25) is 9.36 Å². The normalized spacial score (nSPS) is 14.8. The molecule has 1 aliphatic heterocycles. The quantitative estimate of drug-likeness (QED) is 0.294. The molecule has 9 heteroatoms. The summed E-state index contributed by atoms with van der Waals surface area (Å²) < 4.78 is 24.1. The van der Waals surface area contributed by atoms with Crippen molar-refractivity contribution in [3.05, 3.63) is 120 Å². The Morgan fingerprint density at radius 2 is 1.73 bits per heavy atom. The van der Waals surface area contributed by atoms with Crippen LogP contribution in [0.15, 0.2) is 87.8 Å². The molecule has 210 valence electrons. The Bertz CT molecular complexity index is 1820. The van der Waals surface area contributed by atoms with Crippen LogP contribution in [0.3, 0.4) is 0 Å². The van der Waals surface area contributed by atoms with Crippen LogP contribution in [-0.4, -0.2) is 31.9 Å². The molecule has 0 radical (unpaired) electrons. The van der Waals surface area contributed by atoms with Crippen molar-refractivity contribution in [2.75, 3.05) is 21.3 Å². The van der Waals surface area contributed by atoms with Crippen molar-refractivity contribution in [3.8, 4) is 17.2 Å². The Morgan fingerprint density at radius 3 is 2.41 bits per heavy atom.